The van der Waals surface area contributed by atoms with E-state index in [0.717, 1.165) is 11.1 Å². The largest absolute Gasteiger partial charge is 0.454 e. The molecular weight excluding hydrogens is 536 g/mol. The molecule has 4 aromatic rings. The third-order valence-electron chi connectivity index (χ3n) is 5.63. The molecular formula is C24H22N4O6S3. The maximum atomic E-state index is 13.2. The highest BCUT2D eigenvalue weighted by molar-refractivity contribution is 7.99. The smallest absolute Gasteiger partial charge is 0.272 e. The number of nitrogens with one attached hydrogen (secondary N) is 1. The van der Waals surface area contributed by atoms with Gasteiger partial charge in [-0.2, -0.15) is 0 Å². The molecule has 0 saturated heterocycles. The second kappa shape index (κ2) is 10.5. The third kappa shape index (κ3) is 5.80. The van der Waals surface area contributed by atoms with Crippen LogP contribution in [0.4, 0.5) is 0 Å². The van der Waals surface area contributed by atoms with Gasteiger partial charge in [0.05, 0.1) is 22.7 Å². The molecule has 192 valence electrons. The van der Waals surface area contributed by atoms with Gasteiger partial charge in [0.25, 0.3) is 5.56 Å². The Hall–Kier alpha value is -3.39. The number of hydrogen-bond acceptors (Lipinski definition) is 9. The van der Waals surface area contributed by atoms with Crippen molar-refractivity contribution in [3.63, 3.8) is 0 Å². The van der Waals surface area contributed by atoms with Crippen LogP contribution >= 0.6 is 23.1 Å². The highest BCUT2D eigenvalue weighted by Crippen LogP contribution is 2.33. The van der Waals surface area contributed by atoms with Gasteiger partial charge in [0, 0.05) is 6.54 Å². The summed E-state index contributed by atoms with van der Waals surface area (Å²) in [6, 6.07) is 13.5. The van der Waals surface area contributed by atoms with Crippen LogP contribution in [0.25, 0.3) is 10.2 Å². The van der Waals surface area contributed by atoms with Crippen molar-refractivity contribution >= 4 is 49.2 Å². The molecule has 13 heteroatoms. The summed E-state index contributed by atoms with van der Waals surface area (Å²) in [6.45, 7) is 0.808. The number of hydrogen-bond donors (Lipinski definition) is 2. The normalized spacial score (nSPS) is 12.7. The van der Waals surface area contributed by atoms with Crippen molar-refractivity contribution in [3.05, 3.63) is 75.4 Å². The minimum Gasteiger partial charge on any atom is -0.454 e. The molecule has 10 nitrogen and oxygen atoms in total. The molecule has 2 aromatic carbocycles. The minimum absolute atomic E-state index is 0.0403. The van der Waals surface area contributed by atoms with Crippen molar-refractivity contribution in [2.45, 2.75) is 23.0 Å². The monoisotopic (exact) mass is 558 g/mol. The average molecular weight is 559 g/mol. The minimum atomic E-state index is -3.74. The van der Waals surface area contributed by atoms with Gasteiger partial charge in [0.1, 0.15) is 4.70 Å². The number of ether oxygens (including phenoxy) is 2. The van der Waals surface area contributed by atoms with Gasteiger partial charge in [-0.3, -0.25) is 14.2 Å². The summed E-state index contributed by atoms with van der Waals surface area (Å²) in [5, 5.41) is 10.2. The average Bonchev–Trinajstić information content (AvgIpc) is 3.54. The van der Waals surface area contributed by atoms with E-state index < -0.39 is 10.0 Å². The number of benzene rings is 2. The predicted octanol–water partition coefficient (Wildman–Crippen LogP) is 2.33. The van der Waals surface area contributed by atoms with Gasteiger partial charge in [-0.15, -0.1) is 11.3 Å². The van der Waals surface area contributed by atoms with Gasteiger partial charge < -0.3 is 14.8 Å². The Bertz CT molecular complexity index is 1630. The number of amides is 1. The van der Waals surface area contributed by atoms with Crippen molar-refractivity contribution in [1.82, 2.24) is 14.9 Å². The molecule has 1 amide bonds. The maximum Gasteiger partial charge on any atom is 0.272 e. The first-order valence-electron chi connectivity index (χ1n) is 11.2. The van der Waals surface area contributed by atoms with E-state index in [1.807, 2.05) is 23.6 Å². The van der Waals surface area contributed by atoms with Crippen molar-refractivity contribution in [3.8, 4) is 11.5 Å². The van der Waals surface area contributed by atoms with Crippen molar-refractivity contribution in [2.24, 2.45) is 5.14 Å². The zero-order chi connectivity index (χ0) is 26.0. The number of nitrogens with two attached hydrogens (primary N) is 1. The van der Waals surface area contributed by atoms with Gasteiger partial charge in [-0.05, 0) is 53.3 Å². The fourth-order valence-corrected chi connectivity index (χ4v) is 5.89. The van der Waals surface area contributed by atoms with Crippen LogP contribution in [0, 0.1) is 0 Å². The van der Waals surface area contributed by atoms with Gasteiger partial charge >= 0.3 is 0 Å². The zero-order valence-corrected chi connectivity index (χ0v) is 21.8. The van der Waals surface area contributed by atoms with Crippen molar-refractivity contribution in [1.29, 1.82) is 0 Å². The Morgan fingerprint density at radius 1 is 1.11 bits per heavy atom. The van der Waals surface area contributed by atoms with Crippen LogP contribution in [-0.4, -0.2) is 43.0 Å². The summed E-state index contributed by atoms with van der Waals surface area (Å²) in [5.74, 6) is 1.16. The second-order valence-electron chi connectivity index (χ2n) is 8.19. The Morgan fingerprint density at radius 2 is 1.86 bits per heavy atom. The molecule has 0 atom stereocenters. The molecule has 5 rings (SSSR count). The first-order valence-corrected chi connectivity index (χ1v) is 14.6. The molecule has 3 heterocycles. The van der Waals surface area contributed by atoms with Crippen LogP contribution < -0.4 is 25.5 Å². The molecule has 3 N–H and O–H groups in total. The van der Waals surface area contributed by atoms with Gasteiger partial charge in [0.15, 0.2) is 16.7 Å². The number of thioether (sulfide) groups is 1. The van der Waals surface area contributed by atoms with E-state index >= 15 is 0 Å². The fraction of sp³-hybridized carbons (Fsp3) is 0.208. The molecule has 37 heavy (non-hydrogen) atoms. The number of nitrogens with zero attached hydrogens (tertiary/aromatic N) is 2. The lowest BCUT2D eigenvalue weighted by atomic mass is 10.1. The zero-order valence-electron chi connectivity index (χ0n) is 19.4. The molecule has 0 radical (unpaired) electrons. The Kier molecular flexibility index (Phi) is 7.20. The fourth-order valence-electron chi connectivity index (χ4n) is 3.77. The first kappa shape index (κ1) is 25.3. The van der Waals surface area contributed by atoms with E-state index in [4.69, 9.17) is 14.6 Å². The molecule has 0 fully saturated rings. The Labute approximate surface area is 220 Å². The molecule has 1 aliphatic rings. The number of thiophene rings is 1. The van der Waals surface area contributed by atoms with Crippen LogP contribution in [0.1, 0.15) is 11.1 Å². The predicted molar refractivity (Wildman–Crippen MR) is 141 cm³/mol. The summed E-state index contributed by atoms with van der Waals surface area (Å²) in [4.78, 5) is 30.4. The Balaban J connectivity index is 1.24. The summed E-state index contributed by atoms with van der Waals surface area (Å²) < 4.78 is 35.7. The quantitative estimate of drug-likeness (QED) is 0.235. The van der Waals surface area contributed by atoms with Crippen molar-refractivity contribution < 1.29 is 22.7 Å². The number of primary sulfonamides is 1. The van der Waals surface area contributed by atoms with Gasteiger partial charge in [-0.1, -0.05) is 30.0 Å². The molecule has 2 aromatic heterocycles. The Morgan fingerprint density at radius 3 is 2.65 bits per heavy atom. The number of fused-ring (bicyclic) bond motifs is 2. The van der Waals surface area contributed by atoms with Gasteiger partial charge in [-0.25, -0.2) is 18.5 Å². The van der Waals surface area contributed by atoms with Crippen LogP contribution in [0.3, 0.4) is 0 Å². The van der Waals surface area contributed by atoms with E-state index in [1.165, 1.54) is 35.2 Å². The maximum absolute atomic E-state index is 13.2. The summed E-state index contributed by atoms with van der Waals surface area (Å²) >= 11 is 2.52. The van der Waals surface area contributed by atoms with Crippen LogP contribution in [-0.2, 0) is 27.8 Å². The van der Waals surface area contributed by atoms with E-state index in [9.17, 15) is 18.0 Å². The van der Waals surface area contributed by atoms with E-state index in [-0.39, 0.29) is 35.5 Å². The number of rotatable bonds is 9. The second-order valence-corrected chi connectivity index (χ2v) is 11.6. The topological polar surface area (TPSA) is 143 Å². The molecule has 0 bridgehead atoms. The first-order chi connectivity index (χ1) is 17.8. The SMILES string of the molecule is NS(=O)(=O)c1ccc(CCNC(=O)CSc2nc3ccsc3c(=O)n2Cc2ccc3c(c2)OCO3)cc1. The summed E-state index contributed by atoms with van der Waals surface area (Å²) in [6.07, 6.45) is 0.523. The van der Waals surface area contributed by atoms with E-state index in [1.54, 1.807) is 22.8 Å². The van der Waals surface area contributed by atoms with Gasteiger partial charge in [0.2, 0.25) is 22.7 Å². The highest BCUT2D eigenvalue weighted by Gasteiger charge is 2.17. The number of carbonyl (C=O) groups is 1. The standard InChI is InChI=1S/C24H22N4O6S3/c25-37(31,32)17-4-1-15(2-5-17)7-9-26-21(29)13-36-24-27-18-8-10-35-22(18)23(30)28(24)12-16-3-6-19-20(11-16)34-14-33-19/h1-6,8,10-11H,7,9,12-14H2,(H,26,29)(H2,25,31,32). The van der Waals surface area contributed by atoms with E-state index in [0.29, 0.717) is 39.8 Å². The number of sulfonamides is 1. The molecule has 0 unspecified atom stereocenters. The van der Waals surface area contributed by atoms with Crippen LogP contribution in [0.5, 0.6) is 11.5 Å². The number of carbonyl (C=O) groups excluding carboxylic acids is 1. The molecule has 0 aliphatic carbocycles. The molecule has 0 saturated carbocycles. The van der Waals surface area contributed by atoms with Crippen LogP contribution in [0.2, 0.25) is 0 Å². The highest BCUT2D eigenvalue weighted by atomic mass is 32.2. The summed E-state index contributed by atoms with van der Waals surface area (Å²) in [5.41, 5.74) is 2.15. The van der Waals surface area contributed by atoms with Crippen molar-refractivity contribution in [2.75, 3.05) is 19.1 Å². The van der Waals surface area contributed by atoms with E-state index in [2.05, 4.69) is 10.3 Å². The lowest BCUT2D eigenvalue weighted by Crippen LogP contribution is -2.28. The third-order valence-corrected chi connectivity index (χ3v) is 8.43. The summed E-state index contributed by atoms with van der Waals surface area (Å²) in [7, 11) is -3.74. The molecule has 0 spiro atoms. The molecule has 1 aliphatic heterocycles. The lowest BCUT2D eigenvalue weighted by molar-refractivity contribution is -0.118. The lowest BCUT2D eigenvalue weighted by Gasteiger charge is -2.13. The van der Waals surface area contributed by atoms with Crippen LogP contribution in [0.15, 0.2) is 68.8 Å². The number of aromatic nitrogens is 2.